The zero-order valence-corrected chi connectivity index (χ0v) is 11.6. The maximum Gasteiger partial charge on any atom is 0.126 e. The highest BCUT2D eigenvalue weighted by Gasteiger charge is 2.27. The molecule has 1 nitrogen and oxygen atoms in total. The molecule has 0 heterocycles. The lowest BCUT2D eigenvalue weighted by Gasteiger charge is -2.21. The van der Waals surface area contributed by atoms with Crippen LogP contribution >= 0.6 is 11.6 Å². The normalized spacial score (nSPS) is 23.5. The van der Waals surface area contributed by atoms with Crippen LogP contribution in [0.1, 0.15) is 38.2 Å². The van der Waals surface area contributed by atoms with E-state index in [9.17, 15) is 4.39 Å². The molecule has 1 fully saturated rings. The molecule has 2 rings (SSSR count). The first-order chi connectivity index (χ1) is 8.70. The molecule has 18 heavy (non-hydrogen) atoms. The van der Waals surface area contributed by atoms with Gasteiger partial charge in [0, 0.05) is 11.1 Å². The predicted molar refractivity (Wildman–Crippen MR) is 74.5 cm³/mol. The van der Waals surface area contributed by atoms with Crippen LogP contribution in [0.15, 0.2) is 18.2 Å². The molecular weight excluding hydrogens is 249 g/mol. The summed E-state index contributed by atoms with van der Waals surface area (Å²) < 4.78 is 13.7. The lowest BCUT2D eigenvalue weighted by Crippen LogP contribution is -2.34. The third kappa shape index (κ3) is 3.46. The second-order valence-corrected chi connectivity index (χ2v) is 5.63. The van der Waals surface area contributed by atoms with Crippen molar-refractivity contribution in [1.29, 1.82) is 0 Å². The molecule has 1 aliphatic rings. The summed E-state index contributed by atoms with van der Waals surface area (Å²) in [5.41, 5.74) is 0.762. The Labute approximate surface area is 114 Å². The Bertz CT molecular complexity index is 394. The average molecular weight is 270 g/mol. The van der Waals surface area contributed by atoms with Crippen molar-refractivity contribution in [2.75, 3.05) is 6.54 Å². The summed E-state index contributed by atoms with van der Waals surface area (Å²) in [4.78, 5) is 0. The Balaban J connectivity index is 2.01. The van der Waals surface area contributed by atoms with Crippen molar-refractivity contribution in [1.82, 2.24) is 5.32 Å². The number of hydrogen-bond donors (Lipinski definition) is 1. The minimum Gasteiger partial charge on any atom is -0.314 e. The van der Waals surface area contributed by atoms with Crippen LogP contribution < -0.4 is 5.32 Å². The Morgan fingerprint density at radius 2 is 2.22 bits per heavy atom. The van der Waals surface area contributed by atoms with Crippen molar-refractivity contribution in [2.45, 2.75) is 45.1 Å². The van der Waals surface area contributed by atoms with Gasteiger partial charge in [0.15, 0.2) is 0 Å². The summed E-state index contributed by atoms with van der Waals surface area (Å²) in [6, 6.07) is 5.40. The Hall–Kier alpha value is -0.600. The fourth-order valence-electron chi connectivity index (χ4n) is 2.86. The van der Waals surface area contributed by atoms with E-state index in [0.717, 1.165) is 24.9 Å². The van der Waals surface area contributed by atoms with E-state index < -0.39 is 0 Å². The molecule has 0 aromatic heterocycles. The molecule has 0 bridgehead atoms. The standard InChI is InChI=1S/C15H21ClFN/c1-2-8-18-15-5-3-4-11(15)9-12-10-13(16)6-7-14(12)17/h6-7,10-11,15,18H,2-5,8-9H2,1H3. The average Bonchev–Trinajstić information content (AvgIpc) is 2.79. The van der Waals surface area contributed by atoms with E-state index in [1.165, 1.54) is 25.3 Å². The molecular formula is C15H21ClFN. The Morgan fingerprint density at radius 3 is 3.00 bits per heavy atom. The Morgan fingerprint density at radius 1 is 1.39 bits per heavy atom. The van der Waals surface area contributed by atoms with E-state index >= 15 is 0 Å². The van der Waals surface area contributed by atoms with Gasteiger partial charge in [0.1, 0.15) is 5.82 Å². The summed E-state index contributed by atoms with van der Waals surface area (Å²) in [6.45, 7) is 3.23. The van der Waals surface area contributed by atoms with Crippen LogP contribution in [0, 0.1) is 11.7 Å². The van der Waals surface area contributed by atoms with Crippen LogP contribution in [0.2, 0.25) is 5.02 Å². The van der Waals surface area contributed by atoms with Gasteiger partial charge in [-0.1, -0.05) is 24.9 Å². The van der Waals surface area contributed by atoms with Crippen LogP contribution in [-0.2, 0) is 6.42 Å². The summed E-state index contributed by atoms with van der Waals surface area (Å²) in [5, 5.41) is 4.21. The lowest BCUT2D eigenvalue weighted by atomic mass is 9.94. The van der Waals surface area contributed by atoms with E-state index in [4.69, 9.17) is 11.6 Å². The van der Waals surface area contributed by atoms with Crippen LogP contribution in [0.5, 0.6) is 0 Å². The fraction of sp³-hybridized carbons (Fsp3) is 0.600. The molecule has 1 N–H and O–H groups in total. The van der Waals surface area contributed by atoms with Gasteiger partial charge < -0.3 is 5.32 Å². The van der Waals surface area contributed by atoms with Gasteiger partial charge in [-0.3, -0.25) is 0 Å². The monoisotopic (exact) mass is 269 g/mol. The molecule has 1 aromatic carbocycles. The smallest absolute Gasteiger partial charge is 0.126 e. The fourth-order valence-corrected chi connectivity index (χ4v) is 3.06. The van der Waals surface area contributed by atoms with Gasteiger partial charge in [0.25, 0.3) is 0 Å². The second kappa shape index (κ2) is 6.53. The molecule has 0 spiro atoms. The third-order valence-electron chi connectivity index (χ3n) is 3.81. The largest absolute Gasteiger partial charge is 0.314 e. The van der Waals surface area contributed by atoms with E-state index in [0.29, 0.717) is 17.0 Å². The highest BCUT2D eigenvalue weighted by Crippen LogP contribution is 2.30. The highest BCUT2D eigenvalue weighted by molar-refractivity contribution is 6.30. The molecule has 0 saturated heterocycles. The van der Waals surface area contributed by atoms with Crippen molar-refractivity contribution < 1.29 is 4.39 Å². The lowest BCUT2D eigenvalue weighted by molar-refractivity contribution is 0.394. The molecule has 3 heteroatoms. The quantitative estimate of drug-likeness (QED) is 0.845. The first-order valence-corrected chi connectivity index (χ1v) is 7.25. The topological polar surface area (TPSA) is 12.0 Å². The molecule has 2 unspecified atom stereocenters. The number of rotatable bonds is 5. The van der Waals surface area contributed by atoms with Crippen LogP contribution in [0.25, 0.3) is 0 Å². The minimum atomic E-state index is -0.124. The maximum absolute atomic E-state index is 13.7. The van der Waals surface area contributed by atoms with Gasteiger partial charge in [-0.25, -0.2) is 4.39 Å². The van der Waals surface area contributed by atoms with E-state index in [1.807, 2.05) is 0 Å². The number of benzene rings is 1. The summed E-state index contributed by atoms with van der Waals surface area (Å²) in [5.74, 6) is 0.421. The summed E-state index contributed by atoms with van der Waals surface area (Å²) in [7, 11) is 0. The van der Waals surface area contributed by atoms with Crippen molar-refractivity contribution in [3.63, 3.8) is 0 Å². The van der Waals surface area contributed by atoms with Crippen molar-refractivity contribution in [3.8, 4) is 0 Å². The first-order valence-electron chi connectivity index (χ1n) is 6.88. The molecule has 100 valence electrons. The van der Waals surface area contributed by atoms with Gasteiger partial charge in [0.05, 0.1) is 0 Å². The van der Waals surface area contributed by atoms with Crippen molar-refractivity contribution in [2.24, 2.45) is 5.92 Å². The zero-order valence-electron chi connectivity index (χ0n) is 10.9. The summed E-state index contributed by atoms with van der Waals surface area (Å²) in [6.07, 6.45) is 5.59. The number of hydrogen-bond acceptors (Lipinski definition) is 1. The van der Waals surface area contributed by atoms with Crippen LogP contribution in [0.4, 0.5) is 4.39 Å². The highest BCUT2D eigenvalue weighted by atomic mass is 35.5. The maximum atomic E-state index is 13.7. The number of nitrogens with one attached hydrogen (secondary N) is 1. The van der Waals surface area contributed by atoms with Crippen molar-refractivity contribution in [3.05, 3.63) is 34.6 Å². The molecule has 0 radical (unpaired) electrons. The minimum absolute atomic E-state index is 0.124. The van der Waals surface area contributed by atoms with Gasteiger partial charge in [-0.05, 0) is 61.9 Å². The van der Waals surface area contributed by atoms with Gasteiger partial charge >= 0.3 is 0 Å². The molecule has 1 aromatic rings. The van der Waals surface area contributed by atoms with E-state index in [-0.39, 0.29) is 5.82 Å². The molecule has 2 atom stereocenters. The molecule has 0 aliphatic heterocycles. The SMILES string of the molecule is CCCNC1CCCC1Cc1cc(Cl)ccc1F. The van der Waals surface area contributed by atoms with E-state index in [1.54, 1.807) is 12.1 Å². The van der Waals surface area contributed by atoms with Gasteiger partial charge in [-0.15, -0.1) is 0 Å². The predicted octanol–water partition coefficient (Wildman–Crippen LogP) is 4.19. The Kier molecular flexibility index (Phi) is 5.02. The van der Waals surface area contributed by atoms with E-state index in [2.05, 4.69) is 12.2 Å². The number of halogens is 2. The van der Waals surface area contributed by atoms with Crippen LogP contribution in [0.3, 0.4) is 0 Å². The first kappa shape index (κ1) is 13.8. The summed E-state index contributed by atoms with van der Waals surface area (Å²) >= 11 is 5.94. The van der Waals surface area contributed by atoms with Gasteiger partial charge in [0.2, 0.25) is 0 Å². The third-order valence-corrected chi connectivity index (χ3v) is 4.04. The molecule has 0 amide bonds. The van der Waals surface area contributed by atoms with Gasteiger partial charge in [-0.2, -0.15) is 0 Å². The van der Waals surface area contributed by atoms with Crippen LogP contribution in [-0.4, -0.2) is 12.6 Å². The second-order valence-electron chi connectivity index (χ2n) is 5.19. The molecule has 1 aliphatic carbocycles. The zero-order chi connectivity index (χ0) is 13.0. The van der Waals surface area contributed by atoms with Crippen molar-refractivity contribution >= 4 is 11.6 Å². The molecule has 1 saturated carbocycles.